The number of thiazole rings is 1. The van der Waals surface area contributed by atoms with Crippen LogP contribution in [-0.2, 0) is 6.42 Å². The molecule has 0 spiro atoms. The van der Waals surface area contributed by atoms with E-state index in [1.165, 1.54) is 17.4 Å². The van der Waals surface area contributed by atoms with Crippen molar-refractivity contribution in [2.24, 2.45) is 0 Å². The number of rotatable bonds is 4. The van der Waals surface area contributed by atoms with E-state index >= 15 is 0 Å². The third-order valence-electron chi connectivity index (χ3n) is 6.04. The molecule has 1 saturated heterocycles. The minimum absolute atomic E-state index is 0.0514. The Morgan fingerprint density at radius 3 is 2.97 bits per heavy atom. The molecule has 1 aromatic carbocycles. The minimum atomic E-state index is -0.226. The van der Waals surface area contributed by atoms with Crippen molar-refractivity contribution in [3.05, 3.63) is 69.0 Å². The van der Waals surface area contributed by atoms with Gasteiger partial charge in [-0.05, 0) is 63.4 Å². The van der Waals surface area contributed by atoms with Crippen molar-refractivity contribution in [1.29, 1.82) is 0 Å². The van der Waals surface area contributed by atoms with Gasteiger partial charge in [-0.25, -0.2) is 9.37 Å². The molecule has 0 amide bonds. The third kappa shape index (κ3) is 3.38. The van der Waals surface area contributed by atoms with Crippen molar-refractivity contribution >= 4 is 27.3 Å². The molecule has 7 heteroatoms. The van der Waals surface area contributed by atoms with E-state index in [1.54, 1.807) is 29.0 Å². The first-order chi connectivity index (χ1) is 14.1. The van der Waals surface area contributed by atoms with Gasteiger partial charge >= 0.3 is 0 Å². The summed E-state index contributed by atoms with van der Waals surface area (Å²) >= 11 is 1.48. The van der Waals surface area contributed by atoms with Gasteiger partial charge in [0, 0.05) is 40.3 Å². The van der Waals surface area contributed by atoms with Crippen molar-refractivity contribution in [3.8, 4) is 0 Å². The molecule has 5 rings (SSSR count). The van der Waals surface area contributed by atoms with Crippen molar-refractivity contribution in [2.75, 3.05) is 19.6 Å². The SMILES string of the molecule is Cc1nc2sccn2c(=O)c1CCN1CCC(c2coc3ccc(F)cc23)CC1. The van der Waals surface area contributed by atoms with Crippen LogP contribution < -0.4 is 5.56 Å². The average molecular weight is 412 g/mol. The zero-order valence-corrected chi connectivity index (χ0v) is 17.0. The molecule has 0 atom stereocenters. The van der Waals surface area contributed by atoms with Gasteiger partial charge < -0.3 is 9.32 Å². The summed E-state index contributed by atoms with van der Waals surface area (Å²) in [4.78, 5) is 20.4. The van der Waals surface area contributed by atoms with Gasteiger partial charge in [0.15, 0.2) is 4.96 Å². The molecule has 29 heavy (non-hydrogen) atoms. The molecule has 4 aromatic rings. The number of fused-ring (bicyclic) bond motifs is 2. The molecular formula is C22H22FN3O2S. The fraction of sp³-hybridized carbons (Fsp3) is 0.364. The lowest BCUT2D eigenvalue weighted by atomic mass is 9.89. The Labute approximate surface area is 171 Å². The van der Waals surface area contributed by atoms with Crippen LogP contribution in [0.1, 0.15) is 35.6 Å². The minimum Gasteiger partial charge on any atom is -0.464 e. The Morgan fingerprint density at radius 2 is 2.14 bits per heavy atom. The van der Waals surface area contributed by atoms with Crippen molar-refractivity contribution < 1.29 is 8.81 Å². The summed E-state index contributed by atoms with van der Waals surface area (Å²) in [7, 11) is 0. The van der Waals surface area contributed by atoms with Crippen LogP contribution in [0.2, 0.25) is 0 Å². The molecule has 0 N–H and O–H groups in total. The van der Waals surface area contributed by atoms with Gasteiger partial charge in [-0.2, -0.15) is 0 Å². The van der Waals surface area contributed by atoms with E-state index in [2.05, 4.69) is 9.88 Å². The maximum Gasteiger partial charge on any atom is 0.261 e. The molecule has 1 aliphatic rings. The number of likely N-dealkylation sites (tertiary alicyclic amines) is 1. The van der Waals surface area contributed by atoms with Crippen LogP contribution in [0.3, 0.4) is 0 Å². The van der Waals surface area contributed by atoms with Crippen LogP contribution in [0.15, 0.2) is 45.3 Å². The molecule has 1 fully saturated rings. The molecule has 0 radical (unpaired) electrons. The number of aromatic nitrogens is 2. The van der Waals surface area contributed by atoms with Crippen LogP contribution in [0.5, 0.6) is 0 Å². The Morgan fingerprint density at radius 1 is 1.31 bits per heavy atom. The molecule has 150 valence electrons. The van der Waals surface area contributed by atoms with Gasteiger partial charge in [0.25, 0.3) is 5.56 Å². The summed E-state index contributed by atoms with van der Waals surface area (Å²) in [6.45, 7) is 4.69. The summed E-state index contributed by atoms with van der Waals surface area (Å²) < 4.78 is 20.9. The van der Waals surface area contributed by atoms with Gasteiger partial charge in [-0.3, -0.25) is 9.20 Å². The summed E-state index contributed by atoms with van der Waals surface area (Å²) in [5.41, 5.74) is 3.55. The van der Waals surface area contributed by atoms with Crippen LogP contribution >= 0.6 is 11.3 Å². The van der Waals surface area contributed by atoms with Crippen LogP contribution in [0.4, 0.5) is 4.39 Å². The Hall–Kier alpha value is -2.51. The third-order valence-corrected chi connectivity index (χ3v) is 6.79. The molecular weight excluding hydrogens is 389 g/mol. The summed E-state index contributed by atoms with van der Waals surface area (Å²) in [5.74, 6) is 0.154. The van der Waals surface area contributed by atoms with E-state index in [4.69, 9.17) is 4.42 Å². The van der Waals surface area contributed by atoms with E-state index in [0.717, 1.165) is 65.2 Å². The summed E-state index contributed by atoms with van der Waals surface area (Å²) in [6, 6.07) is 4.71. The predicted octanol–water partition coefficient (Wildman–Crippen LogP) is 4.37. The maximum absolute atomic E-state index is 13.6. The zero-order valence-electron chi connectivity index (χ0n) is 16.2. The largest absolute Gasteiger partial charge is 0.464 e. The molecule has 3 aromatic heterocycles. The topological polar surface area (TPSA) is 50.8 Å². The number of nitrogens with zero attached hydrogens (tertiary/aromatic N) is 3. The van der Waals surface area contributed by atoms with E-state index < -0.39 is 0 Å². The lowest BCUT2D eigenvalue weighted by molar-refractivity contribution is 0.214. The second-order valence-corrected chi connectivity index (χ2v) is 8.61. The standard InChI is InChI=1S/C22H22FN3O2S/c1-14-17(21(27)26-10-11-29-22(26)24-14)6-9-25-7-4-15(5-8-25)19-13-28-20-3-2-16(23)12-18(19)20/h2-3,10-13,15H,4-9H2,1H3. The second kappa shape index (κ2) is 7.39. The van der Waals surface area contributed by atoms with Gasteiger partial charge in [0.1, 0.15) is 11.4 Å². The highest BCUT2D eigenvalue weighted by Crippen LogP contribution is 2.34. The van der Waals surface area contributed by atoms with Gasteiger partial charge in [-0.1, -0.05) is 0 Å². The van der Waals surface area contributed by atoms with E-state index in [0.29, 0.717) is 12.3 Å². The number of furan rings is 1. The number of aryl methyl sites for hydroxylation is 1. The number of piperidine rings is 1. The molecule has 0 bridgehead atoms. The average Bonchev–Trinajstić information content (AvgIpc) is 3.35. The van der Waals surface area contributed by atoms with E-state index in [9.17, 15) is 9.18 Å². The van der Waals surface area contributed by atoms with Crippen molar-refractivity contribution in [3.63, 3.8) is 0 Å². The van der Waals surface area contributed by atoms with Gasteiger partial charge in [-0.15, -0.1) is 11.3 Å². The van der Waals surface area contributed by atoms with Crippen LogP contribution in [0.25, 0.3) is 15.9 Å². The van der Waals surface area contributed by atoms with E-state index in [1.807, 2.05) is 12.3 Å². The lowest BCUT2D eigenvalue weighted by Gasteiger charge is -2.31. The molecule has 0 aliphatic carbocycles. The molecule has 5 nitrogen and oxygen atoms in total. The Balaban J connectivity index is 1.26. The van der Waals surface area contributed by atoms with Crippen LogP contribution in [0, 0.1) is 12.7 Å². The summed E-state index contributed by atoms with van der Waals surface area (Å²) in [5, 5.41) is 2.78. The van der Waals surface area contributed by atoms with Gasteiger partial charge in [0.05, 0.1) is 6.26 Å². The highest BCUT2D eigenvalue weighted by molar-refractivity contribution is 7.15. The van der Waals surface area contributed by atoms with Crippen LogP contribution in [-0.4, -0.2) is 33.9 Å². The maximum atomic E-state index is 13.6. The quantitative estimate of drug-likeness (QED) is 0.500. The lowest BCUT2D eigenvalue weighted by Crippen LogP contribution is -2.35. The normalized spacial score (nSPS) is 16.2. The molecule has 0 saturated carbocycles. The highest BCUT2D eigenvalue weighted by Gasteiger charge is 2.24. The first-order valence-electron chi connectivity index (χ1n) is 9.94. The monoisotopic (exact) mass is 411 g/mol. The van der Waals surface area contributed by atoms with Crippen molar-refractivity contribution in [2.45, 2.75) is 32.1 Å². The molecule has 1 aliphatic heterocycles. The Kier molecular flexibility index (Phi) is 4.72. The zero-order chi connectivity index (χ0) is 20.0. The van der Waals surface area contributed by atoms with Gasteiger partial charge in [0.2, 0.25) is 0 Å². The predicted molar refractivity (Wildman–Crippen MR) is 112 cm³/mol. The fourth-order valence-corrected chi connectivity index (χ4v) is 5.13. The van der Waals surface area contributed by atoms with E-state index in [-0.39, 0.29) is 11.4 Å². The number of benzene rings is 1. The number of halogens is 1. The highest BCUT2D eigenvalue weighted by atomic mass is 32.1. The Bertz CT molecular complexity index is 1230. The first-order valence-corrected chi connectivity index (χ1v) is 10.8. The number of hydrogen-bond acceptors (Lipinski definition) is 5. The molecule has 4 heterocycles. The fourth-order valence-electron chi connectivity index (χ4n) is 4.38. The first kappa shape index (κ1) is 18.5. The molecule has 0 unspecified atom stereocenters. The second-order valence-electron chi connectivity index (χ2n) is 7.73. The number of hydrogen-bond donors (Lipinski definition) is 0. The smallest absolute Gasteiger partial charge is 0.261 e. The summed E-state index contributed by atoms with van der Waals surface area (Å²) in [6.07, 6.45) is 6.30. The van der Waals surface area contributed by atoms with Crippen molar-refractivity contribution in [1.82, 2.24) is 14.3 Å².